The van der Waals surface area contributed by atoms with E-state index in [1.165, 1.54) is 23.5 Å². The molecule has 0 spiro atoms. The van der Waals surface area contributed by atoms with Crippen LogP contribution in [0.2, 0.25) is 0 Å². The second kappa shape index (κ2) is 11.6. The zero-order valence-electron chi connectivity index (χ0n) is 22.5. The molecule has 0 fully saturated rings. The maximum atomic E-state index is 13.4. The molecule has 0 N–H and O–H groups in total. The van der Waals surface area contributed by atoms with E-state index < -0.39 is 0 Å². The van der Waals surface area contributed by atoms with Crippen molar-refractivity contribution >= 4 is 45.3 Å². The Morgan fingerprint density at radius 3 is 1.37 bits per heavy atom. The minimum absolute atomic E-state index is 0.102. The van der Waals surface area contributed by atoms with Crippen LogP contribution in [-0.4, -0.2) is 30.6 Å². The van der Waals surface area contributed by atoms with E-state index in [1.54, 1.807) is 21.3 Å². The van der Waals surface area contributed by atoms with Gasteiger partial charge >= 0.3 is 0 Å². The largest absolute Gasteiger partial charge is 0.457 e. The first kappa shape index (κ1) is 26.9. The predicted octanol–water partition coefficient (Wildman–Crippen LogP) is 7.10. The van der Waals surface area contributed by atoms with Crippen molar-refractivity contribution in [3.8, 4) is 22.9 Å². The Morgan fingerprint density at radius 1 is 0.585 bits per heavy atom. The van der Waals surface area contributed by atoms with Gasteiger partial charge in [-0.05, 0) is 84.3 Å². The van der Waals surface area contributed by atoms with Gasteiger partial charge in [0.2, 0.25) is 0 Å². The lowest BCUT2D eigenvalue weighted by Gasteiger charge is -2.14. The number of ether oxygens (including phenoxy) is 1. The highest BCUT2D eigenvalue weighted by molar-refractivity contribution is 7.99. The van der Waals surface area contributed by atoms with Gasteiger partial charge in [-0.15, -0.1) is 0 Å². The summed E-state index contributed by atoms with van der Waals surface area (Å²) in [5.74, 6) is 2.84. The first-order chi connectivity index (χ1) is 20.1. The molecule has 9 heteroatoms. The molecule has 6 rings (SSSR count). The highest BCUT2D eigenvalue weighted by Gasteiger charge is 2.14. The smallest absolute Gasteiger partial charge is 0.266 e. The number of benzene rings is 4. The highest BCUT2D eigenvalue weighted by atomic mass is 32.2. The Morgan fingerprint density at radius 2 is 0.976 bits per heavy atom. The van der Waals surface area contributed by atoms with E-state index in [9.17, 15) is 9.59 Å². The normalized spacial score (nSPS) is 11.3. The first-order valence-corrected chi connectivity index (χ1v) is 15.2. The number of hydrogen-bond acceptors (Lipinski definition) is 7. The Bertz CT molecular complexity index is 1840. The average Bonchev–Trinajstić information content (AvgIpc) is 2.99. The number of nitrogens with zero attached hydrogens (tertiary/aromatic N) is 4. The van der Waals surface area contributed by atoms with Crippen LogP contribution in [0, 0.1) is 0 Å². The fraction of sp³-hybridized carbons (Fsp3) is 0.125. The molecule has 2 heterocycles. The summed E-state index contributed by atoms with van der Waals surface area (Å²) in [6.07, 6.45) is 0. The third-order valence-corrected chi connectivity index (χ3v) is 8.10. The van der Waals surface area contributed by atoms with Crippen LogP contribution in [0.3, 0.4) is 0 Å². The van der Waals surface area contributed by atoms with Gasteiger partial charge in [-0.3, -0.25) is 18.7 Å². The lowest BCUT2D eigenvalue weighted by Crippen LogP contribution is -2.21. The molecule has 2 aromatic heterocycles. The standard InChI is InChI=1S/C32H26N4O3S2/c1-3-40-31-33-27-11-7-5-9-25(27)29(37)35(31)21-13-17-23(18-14-21)39-24-19-15-22(16-20-24)36-30(38)26-10-6-8-12-28(26)34-32(36)41-4-2/h5-20H,3-4H2,1-2H3. The zero-order valence-corrected chi connectivity index (χ0v) is 24.1. The second-order valence-electron chi connectivity index (χ2n) is 9.06. The summed E-state index contributed by atoms with van der Waals surface area (Å²) >= 11 is 3.06. The SMILES string of the molecule is CCSc1nc2ccccc2c(=O)n1-c1ccc(Oc2ccc(-n3c(SCC)nc4ccccc4c3=O)cc2)cc1. The van der Waals surface area contributed by atoms with Crippen LogP contribution in [0.25, 0.3) is 33.2 Å². The number of aromatic nitrogens is 4. The van der Waals surface area contributed by atoms with Crippen molar-refractivity contribution in [2.75, 3.05) is 11.5 Å². The van der Waals surface area contributed by atoms with Gasteiger partial charge in [0, 0.05) is 0 Å². The molecular weight excluding hydrogens is 553 g/mol. The molecule has 204 valence electrons. The number of thioether (sulfide) groups is 2. The minimum atomic E-state index is -0.102. The van der Waals surface area contributed by atoms with Crippen LogP contribution in [0.1, 0.15) is 13.8 Å². The van der Waals surface area contributed by atoms with Crippen molar-refractivity contribution in [3.63, 3.8) is 0 Å². The van der Waals surface area contributed by atoms with Gasteiger partial charge in [-0.2, -0.15) is 0 Å². The molecule has 0 saturated carbocycles. The average molecular weight is 579 g/mol. The Balaban J connectivity index is 1.29. The molecule has 0 bridgehead atoms. The molecule has 0 aliphatic rings. The summed E-state index contributed by atoms with van der Waals surface area (Å²) in [4.78, 5) is 36.2. The quantitative estimate of drug-likeness (QED) is 0.141. The summed E-state index contributed by atoms with van der Waals surface area (Å²) in [6.45, 7) is 4.07. The van der Waals surface area contributed by atoms with Crippen LogP contribution >= 0.6 is 23.5 Å². The van der Waals surface area contributed by atoms with Gasteiger partial charge in [0.1, 0.15) is 11.5 Å². The second-order valence-corrected chi connectivity index (χ2v) is 11.5. The third kappa shape index (κ3) is 5.26. The summed E-state index contributed by atoms with van der Waals surface area (Å²) in [6, 6.07) is 29.5. The Kier molecular flexibility index (Phi) is 7.63. The Labute approximate surface area is 244 Å². The van der Waals surface area contributed by atoms with Gasteiger partial charge in [0.05, 0.1) is 33.2 Å². The molecule has 0 atom stereocenters. The van der Waals surface area contributed by atoms with Crippen LogP contribution in [0.4, 0.5) is 0 Å². The van der Waals surface area contributed by atoms with Crippen molar-refractivity contribution in [2.45, 2.75) is 24.2 Å². The maximum Gasteiger partial charge on any atom is 0.266 e. The highest BCUT2D eigenvalue weighted by Crippen LogP contribution is 2.27. The Hall–Kier alpha value is -4.34. The molecule has 0 aliphatic carbocycles. The summed E-state index contributed by atoms with van der Waals surface area (Å²) < 4.78 is 9.40. The van der Waals surface area contributed by atoms with Crippen molar-refractivity contribution in [2.24, 2.45) is 0 Å². The molecule has 0 radical (unpaired) electrons. The number of hydrogen-bond donors (Lipinski definition) is 0. The van der Waals surface area contributed by atoms with Gasteiger partial charge in [0.25, 0.3) is 11.1 Å². The van der Waals surface area contributed by atoms with Crippen molar-refractivity contribution in [1.29, 1.82) is 0 Å². The number of fused-ring (bicyclic) bond motifs is 2. The van der Waals surface area contributed by atoms with Gasteiger partial charge in [-0.25, -0.2) is 9.97 Å². The molecule has 0 unspecified atom stereocenters. The molecule has 7 nitrogen and oxygen atoms in total. The molecule has 0 saturated heterocycles. The lowest BCUT2D eigenvalue weighted by atomic mass is 10.2. The molecule has 0 aliphatic heterocycles. The van der Waals surface area contributed by atoms with E-state index in [0.717, 1.165) is 22.9 Å². The van der Waals surface area contributed by atoms with E-state index in [-0.39, 0.29) is 11.1 Å². The van der Waals surface area contributed by atoms with Crippen molar-refractivity contribution in [1.82, 2.24) is 19.1 Å². The fourth-order valence-electron chi connectivity index (χ4n) is 4.59. The minimum Gasteiger partial charge on any atom is -0.457 e. The predicted molar refractivity (Wildman–Crippen MR) is 168 cm³/mol. The van der Waals surface area contributed by atoms with Crippen molar-refractivity contribution in [3.05, 3.63) is 118 Å². The van der Waals surface area contributed by atoms with E-state index in [0.29, 0.717) is 43.6 Å². The van der Waals surface area contributed by atoms with Crippen LogP contribution in [0.15, 0.2) is 117 Å². The number of rotatable bonds is 8. The van der Waals surface area contributed by atoms with E-state index in [4.69, 9.17) is 14.7 Å². The van der Waals surface area contributed by atoms with Crippen LogP contribution < -0.4 is 15.9 Å². The molecule has 41 heavy (non-hydrogen) atoms. The molecule has 0 amide bonds. The van der Waals surface area contributed by atoms with E-state index in [2.05, 4.69) is 0 Å². The fourth-order valence-corrected chi connectivity index (χ4v) is 6.07. The lowest BCUT2D eigenvalue weighted by molar-refractivity contribution is 0.482. The summed E-state index contributed by atoms with van der Waals surface area (Å²) in [5.41, 5.74) is 2.61. The first-order valence-electron chi connectivity index (χ1n) is 13.2. The van der Waals surface area contributed by atoms with Crippen LogP contribution in [-0.2, 0) is 0 Å². The van der Waals surface area contributed by atoms with E-state index >= 15 is 0 Å². The van der Waals surface area contributed by atoms with Gasteiger partial charge in [0.15, 0.2) is 10.3 Å². The van der Waals surface area contributed by atoms with Crippen LogP contribution in [0.5, 0.6) is 11.5 Å². The maximum absolute atomic E-state index is 13.4. The number of para-hydroxylation sites is 2. The summed E-state index contributed by atoms with van der Waals surface area (Å²) in [7, 11) is 0. The monoisotopic (exact) mass is 578 g/mol. The topological polar surface area (TPSA) is 79.0 Å². The molecule has 4 aromatic carbocycles. The zero-order chi connectivity index (χ0) is 28.3. The summed E-state index contributed by atoms with van der Waals surface area (Å²) in [5, 5.41) is 2.46. The van der Waals surface area contributed by atoms with Gasteiger partial charge in [-0.1, -0.05) is 61.6 Å². The van der Waals surface area contributed by atoms with E-state index in [1.807, 2.05) is 98.8 Å². The third-order valence-electron chi connectivity index (χ3n) is 6.46. The molecular formula is C32H26N4O3S2. The van der Waals surface area contributed by atoms with Gasteiger partial charge < -0.3 is 4.74 Å². The molecule has 6 aromatic rings. The van der Waals surface area contributed by atoms with Crippen molar-refractivity contribution < 1.29 is 4.74 Å².